The van der Waals surface area contributed by atoms with E-state index in [1.807, 2.05) is 42.5 Å². The molecule has 36 heavy (non-hydrogen) atoms. The van der Waals surface area contributed by atoms with Crippen molar-refractivity contribution in [3.8, 4) is 28.6 Å². The molecule has 3 aromatic heterocycles. The highest BCUT2D eigenvalue weighted by Crippen LogP contribution is 2.25. The van der Waals surface area contributed by atoms with Crippen LogP contribution >= 0.6 is 0 Å². The highest BCUT2D eigenvalue weighted by Gasteiger charge is 2.29. The molecule has 1 saturated heterocycles. The molecule has 0 unspecified atom stereocenters. The lowest BCUT2D eigenvalue weighted by atomic mass is 9.98. The number of amides is 2. The fourth-order valence-corrected chi connectivity index (χ4v) is 4.23. The molecule has 1 aromatic carbocycles. The van der Waals surface area contributed by atoms with Crippen molar-refractivity contribution < 1.29 is 14.7 Å². The van der Waals surface area contributed by atoms with Gasteiger partial charge in [-0.15, -0.1) is 0 Å². The minimum absolute atomic E-state index is 0.0948. The number of aliphatic hydroxyl groups is 1. The molecule has 5 rings (SSSR count). The van der Waals surface area contributed by atoms with Gasteiger partial charge in [0.2, 0.25) is 6.23 Å². The smallest absolute Gasteiger partial charge is 0.272 e. The summed E-state index contributed by atoms with van der Waals surface area (Å²) in [6.45, 7) is 0.724. The number of piperidine rings is 1. The molecule has 10 heteroatoms. The standard InChI is InChI=1S/C26H23N7O3/c27-13-16-7-10-33(11-8-16)26(36)25(35)32-24(34)19-14-29-23-22(19)31-21(15-30-23)20-12-18(6-9-28-20)17-4-2-1-3-5-17/h1-6,9,12,14-16,25,35H,7-8,10-11H2,(H,29,30)(H,32,34)/t25-/m1/s1. The largest absolute Gasteiger partial charge is 0.365 e. The number of aromatic nitrogens is 4. The fraction of sp³-hybridized carbons (Fsp3) is 0.231. The molecule has 4 heterocycles. The number of carbonyl (C=O) groups is 2. The Morgan fingerprint density at radius 3 is 2.64 bits per heavy atom. The van der Waals surface area contributed by atoms with Gasteiger partial charge in [0.15, 0.2) is 5.65 Å². The number of nitrogens with zero attached hydrogens (tertiary/aromatic N) is 5. The quantitative estimate of drug-likeness (QED) is 0.371. The summed E-state index contributed by atoms with van der Waals surface area (Å²) in [4.78, 5) is 43.2. The molecule has 1 atom stereocenters. The number of hydrogen-bond donors (Lipinski definition) is 3. The lowest BCUT2D eigenvalue weighted by molar-refractivity contribution is -0.142. The predicted octanol–water partition coefficient (Wildman–Crippen LogP) is 2.50. The van der Waals surface area contributed by atoms with E-state index in [0.717, 1.165) is 11.1 Å². The number of rotatable bonds is 5. The van der Waals surface area contributed by atoms with Gasteiger partial charge in [0.05, 0.1) is 23.5 Å². The number of nitrogens with one attached hydrogen (secondary N) is 2. The molecule has 1 aliphatic rings. The average molecular weight is 482 g/mol. The number of benzene rings is 1. The number of nitriles is 1. The zero-order valence-corrected chi connectivity index (χ0v) is 19.3. The van der Waals surface area contributed by atoms with Crippen LogP contribution in [0.1, 0.15) is 23.2 Å². The second-order valence-corrected chi connectivity index (χ2v) is 8.56. The summed E-state index contributed by atoms with van der Waals surface area (Å²) >= 11 is 0. The first-order chi connectivity index (χ1) is 17.5. The molecule has 0 bridgehead atoms. The second-order valence-electron chi connectivity index (χ2n) is 8.56. The van der Waals surface area contributed by atoms with E-state index in [1.165, 1.54) is 11.1 Å². The topological polar surface area (TPSA) is 148 Å². The summed E-state index contributed by atoms with van der Waals surface area (Å²) in [7, 11) is 0. The van der Waals surface area contributed by atoms with Crippen molar-refractivity contribution >= 4 is 23.0 Å². The van der Waals surface area contributed by atoms with Gasteiger partial charge in [0.25, 0.3) is 11.8 Å². The van der Waals surface area contributed by atoms with Crippen molar-refractivity contribution in [1.82, 2.24) is 30.2 Å². The molecule has 180 valence electrons. The molecule has 0 saturated carbocycles. The Kier molecular flexibility index (Phi) is 6.38. The molecule has 10 nitrogen and oxygen atoms in total. The highest BCUT2D eigenvalue weighted by atomic mass is 16.3. The molecule has 1 fully saturated rings. The number of likely N-dealkylation sites (tertiary alicyclic amines) is 1. The number of carbonyl (C=O) groups excluding carboxylic acids is 2. The maximum atomic E-state index is 12.9. The van der Waals surface area contributed by atoms with Gasteiger partial charge in [0, 0.05) is 31.4 Å². The van der Waals surface area contributed by atoms with Gasteiger partial charge in [-0.3, -0.25) is 14.6 Å². The molecule has 0 aliphatic carbocycles. The number of fused-ring (bicyclic) bond motifs is 1. The minimum Gasteiger partial charge on any atom is -0.365 e. The first-order valence-electron chi connectivity index (χ1n) is 11.6. The van der Waals surface area contributed by atoms with E-state index in [0.29, 0.717) is 48.5 Å². The molecular weight excluding hydrogens is 458 g/mol. The molecule has 2 amide bonds. The molecule has 4 aromatic rings. The zero-order chi connectivity index (χ0) is 25.1. The Bertz CT molecular complexity index is 1450. The van der Waals surface area contributed by atoms with Crippen molar-refractivity contribution in [2.45, 2.75) is 19.1 Å². The van der Waals surface area contributed by atoms with Crippen molar-refractivity contribution in [1.29, 1.82) is 5.26 Å². The van der Waals surface area contributed by atoms with Crippen LogP contribution in [0.5, 0.6) is 0 Å². The van der Waals surface area contributed by atoms with Gasteiger partial charge in [-0.1, -0.05) is 30.3 Å². The van der Waals surface area contributed by atoms with E-state index in [-0.39, 0.29) is 11.5 Å². The van der Waals surface area contributed by atoms with Crippen LogP contribution < -0.4 is 5.32 Å². The van der Waals surface area contributed by atoms with Crippen LogP contribution in [0.4, 0.5) is 0 Å². The molecule has 1 aliphatic heterocycles. The van der Waals surface area contributed by atoms with Crippen LogP contribution in [0.25, 0.3) is 33.7 Å². The Hall–Kier alpha value is -4.62. The third-order valence-corrected chi connectivity index (χ3v) is 6.25. The van der Waals surface area contributed by atoms with Crippen LogP contribution in [0.15, 0.2) is 61.1 Å². The fourth-order valence-electron chi connectivity index (χ4n) is 4.23. The Balaban J connectivity index is 1.35. The maximum absolute atomic E-state index is 12.9. The molecule has 0 spiro atoms. The summed E-state index contributed by atoms with van der Waals surface area (Å²) in [6.07, 6.45) is 4.08. The average Bonchev–Trinajstić information content (AvgIpc) is 3.37. The van der Waals surface area contributed by atoms with Crippen molar-refractivity contribution in [2.24, 2.45) is 5.92 Å². The van der Waals surface area contributed by atoms with Crippen LogP contribution in [-0.4, -0.2) is 61.1 Å². The summed E-state index contributed by atoms with van der Waals surface area (Å²) < 4.78 is 0. The lowest BCUT2D eigenvalue weighted by Gasteiger charge is -2.30. The van der Waals surface area contributed by atoms with Crippen LogP contribution in [0.2, 0.25) is 0 Å². The predicted molar refractivity (Wildman–Crippen MR) is 131 cm³/mol. The van der Waals surface area contributed by atoms with E-state index < -0.39 is 18.0 Å². The van der Waals surface area contributed by atoms with Crippen LogP contribution in [0, 0.1) is 17.2 Å². The third-order valence-electron chi connectivity index (χ3n) is 6.25. The van der Waals surface area contributed by atoms with Gasteiger partial charge in [-0.2, -0.15) is 5.26 Å². The maximum Gasteiger partial charge on any atom is 0.272 e. The molecule has 3 N–H and O–H groups in total. The molecular formula is C26H23N7O3. The van der Waals surface area contributed by atoms with Gasteiger partial charge in [-0.25, -0.2) is 9.97 Å². The van der Waals surface area contributed by atoms with Gasteiger partial charge < -0.3 is 20.3 Å². The molecule has 0 radical (unpaired) electrons. The van der Waals surface area contributed by atoms with E-state index in [4.69, 9.17) is 5.26 Å². The Labute approximate surface area is 206 Å². The number of aromatic amines is 1. The first-order valence-corrected chi connectivity index (χ1v) is 11.6. The SMILES string of the molecule is N#CC1CCN(C(=O)[C@@H](O)NC(=O)c2c[nH]c3ncc(-c4cc(-c5ccccc5)ccn4)nc23)CC1. The normalized spacial score (nSPS) is 14.8. The zero-order valence-electron chi connectivity index (χ0n) is 19.3. The number of H-pyrrole nitrogens is 1. The summed E-state index contributed by atoms with van der Waals surface area (Å²) in [5, 5.41) is 21.7. The van der Waals surface area contributed by atoms with Crippen molar-refractivity contribution in [2.75, 3.05) is 13.1 Å². The van der Waals surface area contributed by atoms with E-state index in [1.54, 1.807) is 12.4 Å². The minimum atomic E-state index is -1.71. The van der Waals surface area contributed by atoms with E-state index in [2.05, 4.69) is 31.3 Å². The monoisotopic (exact) mass is 481 g/mol. The first kappa shape index (κ1) is 23.1. The number of aliphatic hydroxyl groups excluding tert-OH is 1. The second kappa shape index (κ2) is 9.93. The van der Waals surface area contributed by atoms with Gasteiger partial charge >= 0.3 is 0 Å². The van der Waals surface area contributed by atoms with Crippen molar-refractivity contribution in [3.63, 3.8) is 0 Å². The lowest BCUT2D eigenvalue weighted by Crippen LogP contribution is -2.50. The highest BCUT2D eigenvalue weighted by molar-refractivity contribution is 6.06. The number of pyridine rings is 1. The van der Waals surface area contributed by atoms with Crippen LogP contribution in [-0.2, 0) is 4.79 Å². The summed E-state index contributed by atoms with van der Waals surface area (Å²) in [6, 6.07) is 15.9. The summed E-state index contributed by atoms with van der Waals surface area (Å²) in [5.41, 5.74) is 3.91. The van der Waals surface area contributed by atoms with E-state index >= 15 is 0 Å². The van der Waals surface area contributed by atoms with Gasteiger partial charge in [-0.05, 0) is 36.1 Å². The van der Waals surface area contributed by atoms with Gasteiger partial charge in [0.1, 0.15) is 11.2 Å². The summed E-state index contributed by atoms with van der Waals surface area (Å²) in [5.74, 6) is -1.36. The Morgan fingerprint density at radius 1 is 1.11 bits per heavy atom. The Morgan fingerprint density at radius 2 is 1.89 bits per heavy atom. The van der Waals surface area contributed by atoms with E-state index in [9.17, 15) is 14.7 Å². The van der Waals surface area contributed by atoms with Crippen LogP contribution in [0.3, 0.4) is 0 Å². The number of hydrogen-bond acceptors (Lipinski definition) is 7. The van der Waals surface area contributed by atoms with Crippen molar-refractivity contribution in [3.05, 3.63) is 66.6 Å². The third kappa shape index (κ3) is 4.64.